The normalized spacial score (nSPS) is 11.9. The van der Waals surface area contributed by atoms with E-state index in [1.807, 2.05) is 0 Å². The number of carbonyl (C=O) groups excluding carboxylic acids is 2. The zero-order valence-electron chi connectivity index (χ0n) is 17.1. The van der Waals surface area contributed by atoms with E-state index in [2.05, 4.69) is 0 Å². The van der Waals surface area contributed by atoms with Crippen molar-refractivity contribution in [3.8, 4) is 11.1 Å². The largest absolute Gasteiger partial charge is 0.455 e. The predicted octanol–water partition coefficient (Wildman–Crippen LogP) is 3.61. The molecule has 166 valence electrons. The maximum absolute atomic E-state index is 14.0. The van der Waals surface area contributed by atoms with Crippen molar-refractivity contribution < 1.29 is 23.8 Å². The van der Waals surface area contributed by atoms with Gasteiger partial charge in [0.1, 0.15) is 5.82 Å². The predicted molar refractivity (Wildman–Crippen MR) is 119 cm³/mol. The minimum atomic E-state index is -1.51. The molecule has 0 bridgehead atoms. The van der Waals surface area contributed by atoms with Gasteiger partial charge in [-0.25, -0.2) is 14.2 Å². The molecule has 1 atom stereocenters. The van der Waals surface area contributed by atoms with E-state index in [9.17, 15) is 19.1 Å². The Morgan fingerprint density at radius 1 is 1.06 bits per heavy atom. The maximum atomic E-state index is 14.0. The summed E-state index contributed by atoms with van der Waals surface area (Å²) in [6, 6.07) is 19.7. The molecule has 0 fully saturated rings. The molecule has 0 aliphatic rings. The van der Waals surface area contributed by atoms with Crippen LogP contribution < -0.4 is 5.84 Å². The fourth-order valence-corrected chi connectivity index (χ4v) is 3.22. The highest BCUT2D eigenvalue weighted by Gasteiger charge is 2.20. The monoisotopic (exact) mass is 456 g/mol. The van der Waals surface area contributed by atoms with Gasteiger partial charge in [0.05, 0.1) is 6.54 Å². The zero-order chi connectivity index (χ0) is 23.1. The molecular weight excluding hydrogens is 435 g/mol. The number of carbonyl (C=O) groups is 2. The van der Waals surface area contributed by atoms with E-state index in [1.165, 1.54) is 17.1 Å². The molecule has 0 aliphatic heterocycles. The molecule has 3 N–H and O–H groups in total. The van der Waals surface area contributed by atoms with Gasteiger partial charge in [0.2, 0.25) is 0 Å². The number of esters is 1. The van der Waals surface area contributed by atoms with Crippen molar-refractivity contribution in [1.82, 2.24) is 5.01 Å². The highest BCUT2D eigenvalue weighted by molar-refractivity contribution is 6.30. The number of rotatable bonds is 9. The lowest BCUT2D eigenvalue weighted by molar-refractivity contribution is -0.153. The van der Waals surface area contributed by atoms with Crippen LogP contribution in [0.4, 0.5) is 4.39 Å². The molecule has 32 heavy (non-hydrogen) atoms. The van der Waals surface area contributed by atoms with E-state index >= 15 is 0 Å². The van der Waals surface area contributed by atoms with Crippen molar-refractivity contribution in [1.29, 1.82) is 0 Å². The number of Topliss-reactive ketones (excluding diaryl/α,β-unsaturated/α-hetero) is 1. The summed E-state index contributed by atoms with van der Waals surface area (Å²) in [5, 5.41) is 11.7. The molecule has 1 unspecified atom stereocenters. The van der Waals surface area contributed by atoms with Crippen LogP contribution in [0.2, 0.25) is 5.02 Å². The Balaban J connectivity index is 1.50. The Kier molecular flexibility index (Phi) is 8.08. The fourth-order valence-electron chi connectivity index (χ4n) is 3.04. The average Bonchev–Trinajstić information content (AvgIpc) is 2.79. The van der Waals surface area contributed by atoms with Gasteiger partial charge < -0.3 is 9.84 Å². The topological polar surface area (TPSA) is 92.9 Å². The summed E-state index contributed by atoms with van der Waals surface area (Å²) in [6.45, 7) is -0.430. The Morgan fingerprint density at radius 3 is 2.44 bits per heavy atom. The third-order valence-electron chi connectivity index (χ3n) is 4.70. The van der Waals surface area contributed by atoms with Crippen molar-refractivity contribution in [3.63, 3.8) is 0 Å². The molecule has 3 aromatic rings. The van der Waals surface area contributed by atoms with E-state index in [-0.39, 0.29) is 24.7 Å². The van der Waals surface area contributed by atoms with Crippen LogP contribution in [-0.2, 0) is 16.1 Å². The van der Waals surface area contributed by atoms with Gasteiger partial charge in [0.25, 0.3) is 0 Å². The van der Waals surface area contributed by atoms with Crippen LogP contribution in [0.15, 0.2) is 72.8 Å². The van der Waals surface area contributed by atoms with E-state index in [4.69, 9.17) is 22.2 Å². The number of aliphatic hydroxyl groups is 1. The van der Waals surface area contributed by atoms with Crippen LogP contribution in [-0.4, -0.2) is 41.1 Å². The third-order valence-corrected chi connectivity index (χ3v) is 4.93. The Hall–Kier alpha value is -3.10. The minimum absolute atomic E-state index is 0.191. The molecular formula is C24H22ClFN2O4. The molecule has 0 saturated carbocycles. The summed E-state index contributed by atoms with van der Waals surface area (Å²) in [5.41, 5.74) is 2.25. The molecule has 0 radical (unpaired) electrons. The molecule has 3 rings (SSSR count). The number of hydrazine groups is 1. The average molecular weight is 457 g/mol. The SMILES string of the molecule is NN(Cc1ccc(-c2cc(Cl)ccc2F)cc1)CC(O)C(=O)OCC(=O)c1ccccc1. The molecule has 3 aromatic carbocycles. The van der Waals surface area contributed by atoms with E-state index in [1.54, 1.807) is 60.7 Å². The van der Waals surface area contributed by atoms with Crippen molar-refractivity contribution >= 4 is 23.4 Å². The lowest BCUT2D eigenvalue weighted by atomic mass is 10.0. The zero-order valence-corrected chi connectivity index (χ0v) is 17.8. The quantitative estimate of drug-likeness (QED) is 0.221. The molecule has 0 spiro atoms. The second kappa shape index (κ2) is 11.0. The standard InChI is InChI=1S/C24H22ClFN2O4/c25-19-10-11-21(26)20(12-19)17-8-6-16(7-9-17)13-28(27)14-22(29)24(31)32-15-23(30)18-4-2-1-3-5-18/h1-12,22,29H,13-15,27H2. The number of ether oxygens (including phenoxy) is 1. The number of hydrogen-bond donors (Lipinski definition) is 2. The summed E-state index contributed by atoms with van der Waals surface area (Å²) in [6.07, 6.45) is -1.51. The van der Waals surface area contributed by atoms with Crippen LogP contribution in [0.25, 0.3) is 11.1 Å². The number of nitrogens with two attached hydrogens (primary N) is 1. The minimum Gasteiger partial charge on any atom is -0.455 e. The Morgan fingerprint density at radius 2 is 1.75 bits per heavy atom. The molecule has 8 heteroatoms. The Bertz CT molecular complexity index is 1080. The summed E-state index contributed by atoms with van der Waals surface area (Å²) >= 11 is 5.94. The molecule has 0 heterocycles. The van der Waals surface area contributed by atoms with Crippen molar-refractivity contribution in [3.05, 3.63) is 94.8 Å². The molecule has 0 saturated heterocycles. The number of nitrogens with zero attached hydrogens (tertiary/aromatic N) is 1. The van der Waals surface area contributed by atoms with Gasteiger partial charge in [-0.1, -0.05) is 66.2 Å². The van der Waals surface area contributed by atoms with E-state index in [0.717, 1.165) is 5.56 Å². The lowest BCUT2D eigenvalue weighted by Crippen LogP contribution is -2.41. The smallest absolute Gasteiger partial charge is 0.336 e. The van der Waals surface area contributed by atoms with Crippen LogP contribution in [0.1, 0.15) is 15.9 Å². The van der Waals surface area contributed by atoms with Gasteiger partial charge in [-0.3, -0.25) is 10.6 Å². The second-order valence-corrected chi connectivity index (χ2v) is 7.60. The van der Waals surface area contributed by atoms with E-state index in [0.29, 0.717) is 21.7 Å². The van der Waals surface area contributed by atoms with Crippen LogP contribution in [0.5, 0.6) is 0 Å². The number of ketones is 1. The van der Waals surface area contributed by atoms with Crippen molar-refractivity contribution in [2.75, 3.05) is 13.2 Å². The van der Waals surface area contributed by atoms with Crippen LogP contribution in [0.3, 0.4) is 0 Å². The van der Waals surface area contributed by atoms with Crippen molar-refractivity contribution in [2.45, 2.75) is 12.6 Å². The summed E-state index contributed by atoms with van der Waals surface area (Å²) in [5.74, 6) is 4.22. The van der Waals surface area contributed by atoms with Gasteiger partial charge in [-0.05, 0) is 29.3 Å². The number of aliphatic hydroxyl groups excluding tert-OH is 1. The second-order valence-electron chi connectivity index (χ2n) is 7.16. The first-order valence-corrected chi connectivity index (χ1v) is 10.2. The highest BCUT2D eigenvalue weighted by Crippen LogP contribution is 2.26. The number of halogens is 2. The highest BCUT2D eigenvalue weighted by atomic mass is 35.5. The van der Waals surface area contributed by atoms with Crippen LogP contribution in [0, 0.1) is 5.82 Å². The molecule has 0 aliphatic carbocycles. The van der Waals surface area contributed by atoms with Gasteiger partial charge in [-0.15, -0.1) is 0 Å². The Labute approximate surface area is 190 Å². The summed E-state index contributed by atoms with van der Waals surface area (Å²) in [7, 11) is 0. The first-order valence-electron chi connectivity index (χ1n) is 9.80. The number of benzene rings is 3. The molecule has 0 aromatic heterocycles. The van der Waals surface area contributed by atoms with Gasteiger partial charge in [0.15, 0.2) is 18.5 Å². The van der Waals surface area contributed by atoms with E-state index < -0.39 is 18.7 Å². The molecule has 6 nitrogen and oxygen atoms in total. The van der Waals surface area contributed by atoms with Crippen LogP contribution >= 0.6 is 11.6 Å². The number of hydrogen-bond acceptors (Lipinski definition) is 6. The van der Waals surface area contributed by atoms with Crippen molar-refractivity contribution in [2.24, 2.45) is 5.84 Å². The first kappa shape index (κ1) is 23.6. The fraction of sp³-hybridized carbons (Fsp3) is 0.167. The summed E-state index contributed by atoms with van der Waals surface area (Å²) < 4.78 is 18.9. The van der Waals surface area contributed by atoms with Gasteiger partial charge in [-0.2, -0.15) is 0 Å². The maximum Gasteiger partial charge on any atom is 0.336 e. The van der Waals surface area contributed by atoms with Gasteiger partial charge >= 0.3 is 5.97 Å². The first-order chi connectivity index (χ1) is 15.3. The molecule has 0 amide bonds. The lowest BCUT2D eigenvalue weighted by Gasteiger charge is -2.19. The summed E-state index contributed by atoms with van der Waals surface area (Å²) in [4.78, 5) is 24.0. The third kappa shape index (κ3) is 6.45. The van der Waals surface area contributed by atoms with Gasteiger partial charge in [0, 0.05) is 22.7 Å².